The first-order valence-corrected chi connectivity index (χ1v) is 4.73. The maximum absolute atomic E-state index is 4.21. The Morgan fingerprint density at radius 2 is 2.38 bits per heavy atom. The van der Waals surface area contributed by atoms with Gasteiger partial charge in [0.15, 0.2) is 11.0 Å². The van der Waals surface area contributed by atoms with Crippen LogP contribution >= 0.6 is 11.8 Å². The van der Waals surface area contributed by atoms with Gasteiger partial charge in [-0.15, -0.1) is 5.10 Å². The van der Waals surface area contributed by atoms with Crippen molar-refractivity contribution in [1.29, 1.82) is 0 Å². The van der Waals surface area contributed by atoms with Gasteiger partial charge in [-0.1, -0.05) is 11.8 Å². The first-order valence-electron chi connectivity index (χ1n) is 3.50. The van der Waals surface area contributed by atoms with E-state index in [-0.39, 0.29) is 0 Å². The smallest absolute Gasteiger partial charge is 0.189 e. The summed E-state index contributed by atoms with van der Waals surface area (Å²) in [7, 11) is 0. The van der Waals surface area contributed by atoms with Gasteiger partial charge in [-0.25, -0.2) is 9.97 Å². The second-order valence-electron chi connectivity index (χ2n) is 2.16. The lowest BCUT2D eigenvalue weighted by molar-refractivity contribution is 0.752. The summed E-state index contributed by atoms with van der Waals surface area (Å²) in [6.45, 7) is 0. The van der Waals surface area contributed by atoms with E-state index in [1.165, 1.54) is 22.8 Å². The van der Waals surface area contributed by atoms with Gasteiger partial charge < -0.3 is 0 Å². The van der Waals surface area contributed by atoms with Crippen LogP contribution in [-0.2, 0) is 0 Å². The minimum Gasteiger partial charge on any atom is -0.231 e. The van der Waals surface area contributed by atoms with Crippen LogP contribution in [0.4, 0.5) is 0 Å². The van der Waals surface area contributed by atoms with Crippen LogP contribution in [0.25, 0.3) is 5.82 Å². The zero-order chi connectivity index (χ0) is 9.10. The van der Waals surface area contributed by atoms with Gasteiger partial charge in [0.05, 0.1) is 0 Å². The van der Waals surface area contributed by atoms with Crippen molar-refractivity contribution in [2.45, 2.75) is 5.16 Å². The normalized spacial score (nSPS) is 10.2. The molecule has 0 aliphatic rings. The Morgan fingerprint density at radius 3 is 3.08 bits per heavy atom. The van der Waals surface area contributed by atoms with Gasteiger partial charge in [-0.3, -0.25) is 0 Å². The fourth-order valence-electron chi connectivity index (χ4n) is 0.824. The van der Waals surface area contributed by atoms with Crippen molar-refractivity contribution in [3.63, 3.8) is 0 Å². The van der Waals surface area contributed by atoms with Crippen molar-refractivity contribution >= 4 is 11.8 Å². The van der Waals surface area contributed by atoms with E-state index in [0.29, 0.717) is 11.0 Å². The molecule has 13 heavy (non-hydrogen) atoms. The minimum absolute atomic E-state index is 0.671. The van der Waals surface area contributed by atoms with Crippen molar-refractivity contribution in [2.75, 3.05) is 6.26 Å². The molecule has 0 aliphatic heterocycles. The van der Waals surface area contributed by atoms with E-state index in [2.05, 4.69) is 25.5 Å². The van der Waals surface area contributed by atoms with Gasteiger partial charge in [0.2, 0.25) is 0 Å². The molecule has 2 aromatic heterocycles. The number of rotatable bonds is 2. The predicted molar refractivity (Wildman–Crippen MR) is 46.5 cm³/mol. The van der Waals surface area contributed by atoms with Gasteiger partial charge in [-0.2, -0.15) is 4.68 Å². The van der Waals surface area contributed by atoms with E-state index >= 15 is 0 Å². The molecule has 2 heterocycles. The fraction of sp³-hybridized carbons (Fsp3) is 0.167. The lowest BCUT2D eigenvalue weighted by atomic mass is 10.6. The number of tetrazole rings is 1. The summed E-state index contributed by atoms with van der Waals surface area (Å²) in [5.41, 5.74) is 0. The van der Waals surface area contributed by atoms with E-state index in [1.54, 1.807) is 12.3 Å². The molecule has 0 N–H and O–H groups in total. The molecule has 0 unspecified atom stereocenters. The Hall–Kier alpha value is -1.50. The second kappa shape index (κ2) is 3.48. The van der Waals surface area contributed by atoms with E-state index in [1.807, 2.05) is 6.26 Å². The third kappa shape index (κ3) is 1.64. The van der Waals surface area contributed by atoms with Gasteiger partial charge in [0.25, 0.3) is 0 Å². The van der Waals surface area contributed by atoms with Crippen molar-refractivity contribution in [3.05, 3.63) is 18.6 Å². The fourth-order valence-corrected chi connectivity index (χ4v) is 1.18. The average Bonchev–Trinajstić information content (AvgIpc) is 2.71. The summed E-state index contributed by atoms with van der Waals surface area (Å²) < 4.78 is 1.49. The molecule has 2 rings (SSSR count). The molecule has 0 aromatic carbocycles. The van der Waals surface area contributed by atoms with Crippen molar-refractivity contribution in [1.82, 2.24) is 30.2 Å². The first-order chi connectivity index (χ1) is 6.40. The molecular weight excluding hydrogens is 188 g/mol. The highest BCUT2D eigenvalue weighted by atomic mass is 32.2. The quantitative estimate of drug-likeness (QED) is 0.501. The first kappa shape index (κ1) is 8.11. The van der Waals surface area contributed by atoms with Crippen LogP contribution in [0, 0.1) is 0 Å². The molecule has 66 valence electrons. The zero-order valence-electron chi connectivity index (χ0n) is 6.82. The van der Waals surface area contributed by atoms with Crippen LogP contribution in [0.15, 0.2) is 23.7 Å². The van der Waals surface area contributed by atoms with Crippen LogP contribution in [0.3, 0.4) is 0 Å². The summed E-state index contributed by atoms with van der Waals surface area (Å²) in [6.07, 6.45) is 5.08. The van der Waals surface area contributed by atoms with Gasteiger partial charge in [-0.05, 0) is 16.7 Å². The second-order valence-corrected chi connectivity index (χ2v) is 2.93. The molecule has 0 radical (unpaired) electrons. The molecule has 7 heteroatoms. The Labute approximate surface area is 78.4 Å². The van der Waals surface area contributed by atoms with E-state index in [9.17, 15) is 0 Å². The summed E-state index contributed by atoms with van der Waals surface area (Å²) in [5.74, 6) is 0.671. The molecule has 6 nitrogen and oxygen atoms in total. The predicted octanol–water partition coefficient (Wildman–Crippen LogP) is 0.174. The Morgan fingerprint density at radius 1 is 1.46 bits per heavy atom. The number of hydrogen-bond donors (Lipinski definition) is 0. The molecule has 0 aliphatic carbocycles. The maximum atomic E-state index is 4.21. The van der Waals surface area contributed by atoms with Gasteiger partial charge >= 0.3 is 0 Å². The minimum atomic E-state index is 0.671. The molecule has 0 spiro atoms. The molecule has 0 saturated carbocycles. The van der Waals surface area contributed by atoms with Crippen molar-refractivity contribution in [2.24, 2.45) is 0 Å². The highest BCUT2D eigenvalue weighted by Gasteiger charge is 2.00. The summed E-state index contributed by atoms with van der Waals surface area (Å²) in [4.78, 5) is 8.24. The molecule has 0 saturated heterocycles. The Balaban J connectivity index is 2.41. The summed E-state index contributed by atoms with van der Waals surface area (Å²) in [5, 5.41) is 11.5. The zero-order valence-corrected chi connectivity index (χ0v) is 7.64. The lowest BCUT2D eigenvalue weighted by Gasteiger charge is -1.98. The third-order valence-electron chi connectivity index (χ3n) is 1.39. The monoisotopic (exact) mass is 194 g/mol. The van der Waals surface area contributed by atoms with E-state index in [4.69, 9.17) is 0 Å². The van der Waals surface area contributed by atoms with Gasteiger partial charge in [0.1, 0.15) is 6.33 Å². The number of hydrogen-bond acceptors (Lipinski definition) is 6. The van der Waals surface area contributed by atoms with Crippen molar-refractivity contribution < 1.29 is 0 Å². The molecule has 2 aromatic rings. The van der Waals surface area contributed by atoms with Crippen LogP contribution < -0.4 is 0 Å². The number of aromatic nitrogens is 6. The lowest BCUT2D eigenvalue weighted by Crippen LogP contribution is -1.99. The molecule has 0 atom stereocenters. The molecular formula is C6H6N6S. The standard InChI is InChI=1S/C6H6N6S/c1-13-6-7-3-2-5(9-6)12-4-8-10-11-12/h2-4H,1H3. The summed E-state index contributed by atoms with van der Waals surface area (Å²) >= 11 is 1.48. The Bertz CT molecular complexity index is 386. The SMILES string of the molecule is CSc1nccc(-n2cnnn2)n1. The van der Waals surface area contributed by atoms with Crippen LogP contribution in [0.1, 0.15) is 0 Å². The van der Waals surface area contributed by atoms with Gasteiger partial charge in [0, 0.05) is 12.3 Å². The highest BCUT2D eigenvalue weighted by Crippen LogP contribution is 2.08. The Kier molecular flexibility index (Phi) is 2.17. The van der Waals surface area contributed by atoms with Crippen LogP contribution in [0.5, 0.6) is 0 Å². The van der Waals surface area contributed by atoms with Crippen molar-refractivity contribution in [3.8, 4) is 5.82 Å². The number of nitrogens with zero attached hydrogens (tertiary/aromatic N) is 6. The molecule has 0 bridgehead atoms. The number of thioether (sulfide) groups is 1. The highest BCUT2D eigenvalue weighted by molar-refractivity contribution is 7.98. The third-order valence-corrected chi connectivity index (χ3v) is 1.95. The molecule has 0 fully saturated rings. The van der Waals surface area contributed by atoms with E-state index < -0.39 is 0 Å². The van der Waals surface area contributed by atoms with Crippen LogP contribution in [-0.4, -0.2) is 36.4 Å². The average molecular weight is 194 g/mol. The van der Waals surface area contributed by atoms with Crippen LogP contribution in [0.2, 0.25) is 0 Å². The topological polar surface area (TPSA) is 69.4 Å². The maximum Gasteiger partial charge on any atom is 0.189 e. The molecule has 0 amide bonds. The largest absolute Gasteiger partial charge is 0.231 e. The van der Waals surface area contributed by atoms with E-state index in [0.717, 1.165) is 0 Å². The summed E-state index contributed by atoms with van der Waals surface area (Å²) in [6, 6.07) is 1.75.